The highest BCUT2D eigenvalue weighted by atomic mass is 32.1. The van der Waals surface area contributed by atoms with Crippen molar-refractivity contribution in [3.63, 3.8) is 0 Å². The Bertz CT molecular complexity index is 632. The van der Waals surface area contributed by atoms with Crippen molar-refractivity contribution in [2.75, 3.05) is 0 Å². The van der Waals surface area contributed by atoms with Gasteiger partial charge in [0.15, 0.2) is 0 Å². The van der Waals surface area contributed by atoms with E-state index < -0.39 is 0 Å². The second-order valence-corrected chi connectivity index (χ2v) is 7.69. The van der Waals surface area contributed by atoms with E-state index in [1.54, 1.807) is 10.4 Å². The van der Waals surface area contributed by atoms with Gasteiger partial charge in [0.05, 0.1) is 6.04 Å². The molecule has 0 radical (unpaired) electrons. The average molecular weight is 297 g/mol. The third-order valence-electron chi connectivity index (χ3n) is 5.05. The SMILES string of the molecule is NC(c1ccc2c(c1)CCC2)c1cc2c(s1)CCCCC2. The lowest BCUT2D eigenvalue weighted by Crippen LogP contribution is -2.10. The van der Waals surface area contributed by atoms with E-state index in [0.29, 0.717) is 0 Å². The van der Waals surface area contributed by atoms with Crippen LogP contribution in [-0.4, -0.2) is 0 Å². The molecule has 0 saturated heterocycles. The van der Waals surface area contributed by atoms with Gasteiger partial charge >= 0.3 is 0 Å². The Hall–Kier alpha value is -1.12. The van der Waals surface area contributed by atoms with Crippen LogP contribution in [0.5, 0.6) is 0 Å². The van der Waals surface area contributed by atoms with Gasteiger partial charge in [-0.05, 0) is 73.3 Å². The molecule has 1 aromatic heterocycles. The van der Waals surface area contributed by atoms with Crippen molar-refractivity contribution >= 4 is 11.3 Å². The monoisotopic (exact) mass is 297 g/mol. The number of fused-ring (bicyclic) bond motifs is 2. The van der Waals surface area contributed by atoms with Crippen LogP contribution in [-0.2, 0) is 25.7 Å². The molecule has 2 aromatic rings. The van der Waals surface area contributed by atoms with Gasteiger partial charge in [0, 0.05) is 9.75 Å². The maximum Gasteiger partial charge on any atom is 0.0646 e. The van der Waals surface area contributed by atoms with E-state index in [1.165, 1.54) is 72.9 Å². The van der Waals surface area contributed by atoms with Crippen molar-refractivity contribution in [3.05, 3.63) is 56.3 Å². The molecule has 1 unspecified atom stereocenters. The molecule has 2 aliphatic rings. The molecule has 2 heteroatoms. The zero-order chi connectivity index (χ0) is 14.2. The molecule has 0 spiro atoms. The molecule has 2 N–H and O–H groups in total. The van der Waals surface area contributed by atoms with Gasteiger partial charge in [0.2, 0.25) is 0 Å². The first-order valence-corrected chi connectivity index (χ1v) is 9.12. The zero-order valence-corrected chi connectivity index (χ0v) is 13.3. The largest absolute Gasteiger partial charge is 0.320 e. The summed E-state index contributed by atoms with van der Waals surface area (Å²) < 4.78 is 0. The Labute approximate surface area is 131 Å². The normalized spacial score (nSPS) is 18.9. The maximum atomic E-state index is 6.57. The Morgan fingerprint density at radius 2 is 1.62 bits per heavy atom. The first-order chi connectivity index (χ1) is 10.3. The van der Waals surface area contributed by atoms with Gasteiger partial charge in [0.1, 0.15) is 0 Å². The summed E-state index contributed by atoms with van der Waals surface area (Å²) in [5, 5.41) is 0. The number of rotatable bonds is 2. The minimum Gasteiger partial charge on any atom is -0.320 e. The lowest BCUT2D eigenvalue weighted by atomic mass is 10.00. The molecule has 0 amide bonds. The molecule has 21 heavy (non-hydrogen) atoms. The number of hydrogen-bond acceptors (Lipinski definition) is 2. The van der Waals surface area contributed by atoms with Crippen molar-refractivity contribution in [2.24, 2.45) is 5.73 Å². The van der Waals surface area contributed by atoms with E-state index in [-0.39, 0.29) is 6.04 Å². The number of hydrogen-bond donors (Lipinski definition) is 1. The zero-order valence-electron chi connectivity index (χ0n) is 12.5. The molecule has 1 atom stereocenters. The Balaban J connectivity index is 1.64. The molecular weight excluding hydrogens is 274 g/mol. The van der Waals surface area contributed by atoms with Gasteiger partial charge in [-0.2, -0.15) is 0 Å². The summed E-state index contributed by atoms with van der Waals surface area (Å²) in [6, 6.07) is 9.37. The highest BCUT2D eigenvalue weighted by molar-refractivity contribution is 7.12. The van der Waals surface area contributed by atoms with Crippen molar-refractivity contribution < 1.29 is 0 Å². The van der Waals surface area contributed by atoms with Crippen LogP contribution >= 0.6 is 11.3 Å². The van der Waals surface area contributed by atoms with E-state index in [1.807, 2.05) is 11.3 Å². The summed E-state index contributed by atoms with van der Waals surface area (Å²) in [5.74, 6) is 0. The smallest absolute Gasteiger partial charge is 0.0646 e. The van der Waals surface area contributed by atoms with Crippen molar-refractivity contribution in [1.82, 2.24) is 0 Å². The first kappa shape index (κ1) is 13.5. The van der Waals surface area contributed by atoms with Crippen LogP contribution < -0.4 is 5.73 Å². The van der Waals surface area contributed by atoms with Crippen LogP contribution in [0.3, 0.4) is 0 Å². The van der Waals surface area contributed by atoms with Crippen LogP contribution in [0.4, 0.5) is 0 Å². The summed E-state index contributed by atoms with van der Waals surface area (Å²) >= 11 is 1.96. The molecule has 0 fully saturated rings. The summed E-state index contributed by atoms with van der Waals surface area (Å²) in [7, 11) is 0. The number of aryl methyl sites for hydroxylation is 4. The average Bonchev–Trinajstić information content (AvgIpc) is 3.08. The third kappa shape index (κ3) is 2.56. The highest BCUT2D eigenvalue weighted by Crippen LogP contribution is 2.35. The van der Waals surface area contributed by atoms with E-state index in [4.69, 9.17) is 5.73 Å². The van der Waals surface area contributed by atoms with Crippen LogP contribution in [0.25, 0.3) is 0 Å². The van der Waals surface area contributed by atoms with Crippen LogP contribution in [0.2, 0.25) is 0 Å². The lowest BCUT2D eigenvalue weighted by molar-refractivity contribution is 0.712. The molecule has 0 saturated carbocycles. The highest BCUT2D eigenvalue weighted by Gasteiger charge is 2.19. The van der Waals surface area contributed by atoms with Crippen LogP contribution in [0.15, 0.2) is 24.3 Å². The number of thiophene rings is 1. The quantitative estimate of drug-likeness (QED) is 0.808. The third-order valence-corrected chi connectivity index (χ3v) is 6.37. The van der Waals surface area contributed by atoms with E-state index in [2.05, 4.69) is 24.3 Å². The molecule has 1 aromatic carbocycles. The van der Waals surface area contributed by atoms with Crippen LogP contribution in [0.1, 0.15) is 63.7 Å². The molecule has 0 aliphatic heterocycles. The van der Waals surface area contributed by atoms with Crippen molar-refractivity contribution in [2.45, 2.75) is 57.4 Å². The topological polar surface area (TPSA) is 26.0 Å². The van der Waals surface area contributed by atoms with Crippen LogP contribution in [0, 0.1) is 0 Å². The second-order valence-electron chi connectivity index (χ2n) is 6.52. The van der Waals surface area contributed by atoms with Gasteiger partial charge in [-0.15, -0.1) is 11.3 Å². The standard InChI is InChI=1S/C19H23NS/c20-19(16-10-9-13-6-4-7-14(13)11-16)18-12-15-5-2-1-3-8-17(15)21-18/h9-12,19H,1-8,20H2. The van der Waals surface area contributed by atoms with E-state index in [0.717, 1.165) is 0 Å². The predicted octanol–water partition coefficient (Wildman–Crippen LogP) is 4.55. The molecule has 4 rings (SSSR count). The van der Waals surface area contributed by atoms with Gasteiger partial charge < -0.3 is 5.73 Å². The Kier molecular flexibility index (Phi) is 3.60. The van der Waals surface area contributed by atoms with Gasteiger partial charge in [-0.3, -0.25) is 0 Å². The fourth-order valence-corrected chi connectivity index (χ4v) is 5.08. The predicted molar refractivity (Wildman–Crippen MR) is 90.1 cm³/mol. The minimum absolute atomic E-state index is 0.0628. The van der Waals surface area contributed by atoms with Crippen molar-refractivity contribution in [1.29, 1.82) is 0 Å². The number of benzene rings is 1. The van der Waals surface area contributed by atoms with E-state index >= 15 is 0 Å². The van der Waals surface area contributed by atoms with Crippen molar-refractivity contribution in [3.8, 4) is 0 Å². The first-order valence-electron chi connectivity index (χ1n) is 8.30. The summed E-state index contributed by atoms with van der Waals surface area (Å²) in [6.07, 6.45) is 10.4. The van der Waals surface area contributed by atoms with Gasteiger partial charge in [-0.25, -0.2) is 0 Å². The molecule has 0 bridgehead atoms. The summed E-state index contributed by atoms with van der Waals surface area (Å²) in [4.78, 5) is 2.96. The fraction of sp³-hybridized carbons (Fsp3) is 0.474. The lowest BCUT2D eigenvalue weighted by Gasteiger charge is -2.12. The minimum atomic E-state index is 0.0628. The summed E-state index contributed by atoms with van der Waals surface area (Å²) in [5.41, 5.74) is 12.5. The Morgan fingerprint density at radius 1 is 0.810 bits per heavy atom. The second kappa shape index (κ2) is 5.58. The molecule has 2 aliphatic carbocycles. The molecular formula is C19H23NS. The van der Waals surface area contributed by atoms with Gasteiger partial charge in [-0.1, -0.05) is 24.6 Å². The fourth-order valence-electron chi connectivity index (χ4n) is 3.79. The Morgan fingerprint density at radius 3 is 2.57 bits per heavy atom. The van der Waals surface area contributed by atoms with E-state index in [9.17, 15) is 0 Å². The summed E-state index contributed by atoms with van der Waals surface area (Å²) in [6.45, 7) is 0. The maximum absolute atomic E-state index is 6.57. The molecule has 1 heterocycles. The molecule has 110 valence electrons. The number of nitrogens with two attached hydrogens (primary N) is 1. The molecule has 1 nitrogen and oxygen atoms in total. The van der Waals surface area contributed by atoms with Gasteiger partial charge in [0.25, 0.3) is 0 Å².